The molecule has 0 saturated heterocycles. The summed E-state index contributed by atoms with van der Waals surface area (Å²) < 4.78 is 4.00. The highest BCUT2D eigenvalue weighted by molar-refractivity contribution is 7.99. The van der Waals surface area contributed by atoms with Crippen LogP contribution in [0.4, 0.5) is 5.82 Å². The minimum atomic E-state index is -0.0772. The number of thioether (sulfide) groups is 1. The smallest absolute Gasteiger partial charge is 0.236 e. The second-order valence-corrected chi connectivity index (χ2v) is 9.94. The Morgan fingerprint density at radius 3 is 2.35 bits per heavy atom. The van der Waals surface area contributed by atoms with Gasteiger partial charge in [0.2, 0.25) is 5.91 Å². The normalized spacial score (nSPS) is 15.4. The Morgan fingerprint density at radius 2 is 1.65 bits per heavy atom. The first-order chi connectivity index (χ1) is 16.7. The Morgan fingerprint density at radius 1 is 0.941 bits per heavy atom. The van der Waals surface area contributed by atoms with E-state index in [1.54, 1.807) is 0 Å². The van der Waals surface area contributed by atoms with Gasteiger partial charge in [-0.2, -0.15) is 5.10 Å². The number of carbonyl (C=O) groups excluding carboxylic acids is 1. The number of anilines is 1. The Bertz CT molecular complexity index is 1290. The molecule has 0 unspecified atom stereocenters. The monoisotopic (exact) mass is 470 g/mol. The summed E-state index contributed by atoms with van der Waals surface area (Å²) >= 11 is 1.43. The Hall–Kier alpha value is -3.39. The van der Waals surface area contributed by atoms with E-state index in [4.69, 9.17) is 5.10 Å². The molecule has 1 amide bonds. The zero-order valence-corrected chi connectivity index (χ0v) is 19.6. The summed E-state index contributed by atoms with van der Waals surface area (Å²) in [5, 5.41) is 17.5. The van der Waals surface area contributed by atoms with Crippen LogP contribution in [0.1, 0.15) is 54.6 Å². The number of nitrogens with zero attached hydrogens (tertiary/aromatic N) is 5. The van der Waals surface area contributed by atoms with Crippen LogP contribution < -0.4 is 5.32 Å². The second kappa shape index (κ2) is 9.10. The maximum Gasteiger partial charge on any atom is 0.236 e. The largest absolute Gasteiger partial charge is 0.310 e. The molecule has 0 spiro atoms. The zero-order chi connectivity index (χ0) is 22.9. The van der Waals surface area contributed by atoms with Crippen LogP contribution in [0.25, 0.3) is 5.69 Å². The van der Waals surface area contributed by atoms with Crippen molar-refractivity contribution in [3.05, 3.63) is 83.8 Å². The Kier molecular flexibility index (Phi) is 5.66. The molecule has 2 aliphatic carbocycles. The molecule has 4 aromatic rings. The summed E-state index contributed by atoms with van der Waals surface area (Å²) in [4.78, 5) is 13.0. The van der Waals surface area contributed by atoms with Gasteiger partial charge >= 0.3 is 0 Å². The number of carbonyl (C=O) groups is 1. The summed E-state index contributed by atoms with van der Waals surface area (Å²) in [6, 6.07) is 22.3. The summed E-state index contributed by atoms with van der Waals surface area (Å²) in [5.41, 5.74) is 3.19. The van der Waals surface area contributed by atoms with Crippen LogP contribution in [0.5, 0.6) is 0 Å². The highest BCUT2D eigenvalue weighted by Crippen LogP contribution is 2.41. The molecule has 1 N–H and O–H groups in total. The third kappa shape index (κ3) is 4.63. The van der Waals surface area contributed by atoms with Gasteiger partial charge < -0.3 is 9.88 Å². The van der Waals surface area contributed by atoms with Crippen molar-refractivity contribution in [3.8, 4) is 5.69 Å². The number of para-hydroxylation sites is 1. The third-order valence-corrected chi connectivity index (χ3v) is 7.16. The molecule has 172 valence electrons. The van der Waals surface area contributed by atoms with Gasteiger partial charge in [0, 0.05) is 17.9 Å². The number of amides is 1. The van der Waals surface area contributed by atoms with Crippen LogP contribution in [0.3, 0.4) is 0 Å². The fraction of sp³-hybridized carbons (Fsp3) is 0.308. The molecule has 0 atom stereocenters. The van der Waals surface area contributed by atoms with Gasteiger partial charge in [-0.25, -0.2) is 4.68 Å². The first-order valence-electron chi connectivity index (χ1n) is 11.8. The molecule has 2 aromatic heterocycles. The molecule has 2 aliphatic rings. The van der Waals surface area contributed by atoms with Gasteiger partial charge in [0.1, 0.15) is 11.6 Å². The van der Waals surface area contributed by atoms with Gasteiger partial charge in [-0.3, -0.25) is 4.79 Å². The van der Waals surface area contributed by atoms with Crippen molar-refractivity contribution in [1.29, 1.82) is 0 Å². The van der Waals surface area contributed by atoms with Crippen LogP contribution >= 0.6 is 11.8 Å². The van der Waals surface area contributed by atoms with Crippen LogP contribution in [-0.4, -0.2) is 36.2 Å². The van der Waals surface area contributed by atoms with E-state index < -0.39 is 0 Å². The fourth-order valence-corrected chi connectivity index (χ4v) is 4.85. The van der Waals surface area contributed by atoms with Gasteiger partial charge in [-0.15, -0.1) is 10.2 Å². The highest BCUT2D eigenvalue weighted by atomic mass is 32.2. The molecule has 7 nitrogen and oxygen atoms in total. The van der Waals surface area contributed by atoms with Crippen LogP contribution in [-0.2, 0) is 11.3 Å². The summed E-state index contributed by atoms with van der Waals surface area (Å²) in [6.07, 6.45) is 4.64. The number of hydrogen-bond acceptors (Lipinski definition) is 5. The van der Waals surface area contributed by atoms with Gasteiger partial charge in [-0.05, 0) is 43.4 Å². The number of rotatable bonds is 9. The van der Waals surface area contributed by atoms with Crippen LogP contribution in [0, 0.1) is 0 Å². The predicted molar refractivity (Wildman–Crippen MR) is 132 cm³/mol. The van der Waals surface area contributed by atoms with E-state index in [0.717, 1.165) is 54.6 Å². The molecule has 8 heteroatoms. The van der Waals surface area contributed by atoms with Gasteiger partial charge in [0.15, 0.2) is 5.16 Å². The summed E-state index contributed by atoms with van der Waals surface area (Å²) in [6.45, 7) is 0.717. The minimum Gasteiger partial charge on any atom is -0.310 e. The van der Waals surface area contributed by atoms with Gasteiger partial charge in [0.05, 0.1) is 23.7 Å². The third-order valence-electron chi connectivity index (χ3n) is 6.20. The molecular formula is C26H26N6OS. The molecule has 2 aromatic carbocycles. The number of hydrogen-bond donors (Lipinski definition) is 1. The van der Waals surface area contributed by atoms with E-state index in [-0.39, 0.29) is 11.7 Å². The van der Waals surface area contributed by atoms with E-state index in [1.165, 1.54) is 17.3 Å². The molecule has 0 aliphatic heterocycles. The van der Waals surface area contributed by atoms with Crippen molar-refractivity contribution >= 4 is 23.5 Å². The Balaban J connectivity index is 1.18. The lowest BCUT2D eigenvalue weighted by atomic mass is 10.2. The van der Waals surface area contributed by atoms with E-state index >= 15 is 0 Å². The van der Waals surface area contributed by atoms with Gasteiger partial charge in [-0.1, -0.05) is 60.3 Å². The second-order valence-electron chi connectivity index (χ2n) is 9.00. The maximum atomic E-state index is 13.0. The topological polar surface area (TPSA) is 77.6 Å². The lowest BCUT2D eigenvalue weighted by molar-refractivity contribution is -0.113. The molecule has 6 rings (SSSR count). The highest BCUT2D eigenvalue weighted by Gasteiger charge is 2.31. The molecule has 0 bridgehead atoms. The summed E-state index contributed by atoms with van der Waals surface area (Å²) in [5.74, 6) is 2.92. The first-order valence-corrected chi connectivity index (χ1v) is 12.8. The lowest BCUT2D eigenvalue weighted by Gasteiger charge is -2.11. The van der Waals surface area contributed by atoms with Crippen LogP contribution in [0.2, 0.25) is 0 Å². The molecule has 2 heterocycles. The van der Waals surface area contributed by atoms with Crippen molar-refractivity contribution in [2.75, 3.05) is 11.1 Å². The van der Waals surface area contributed by atoms with Gasteiger partial charge in [0.25, 0.3) is 0 Å². The lowest BCUT2D eigenvalue weighted by Crippen LogP contribution is -2.17. The standard InChI is InChI=1S/C26H26N6OS/c33-24(27-23-15-22(19-11-12-19)30-32(23)21-9-5-2-6-10-21)17-34-26-29-28-25(20-13-14-20)31(26)16-18-7-3-1-4-8-18/h1-10,15,19-20H,11-14,16-17H2,(H,27,33). The van der Waals surface area contributed by atoms with Crippen molar-refractivity contribution in [3.63, 3.8) is 0 Å². The molecule has 0 radical (unpaired) electrons. The number of nitrogens with one attached hydrogen (secondary N) is 1. The maximum absolute atomic E-state index is 13.0. The van der Waals surface area contributed by atoms with Crippen molar-refractivity contribution < 1.29 is 4.79 Å². The average molecular weight is 471 g/mol. The van der Waals surface area contributed by atoms with E-state index in [9.17, 15) is 4.79 Å². The zero-order valence-electron chi connectivity index (χ0n) is 18.8. The van der Waals surface area contributed by atoms with E-state index in [1.807, 2.05) is 59.3 Å². The van der Waals surface area contributed by atoms with Crippen molar-refractivity contribution in [1.82, 2.24) is 24.5 Å². The molecule has 34 heavy (non-hydrogen) atoms. The SMILES string of the molecule is O=C(CSc1nnc(C2CC2)n1Cc1ccccc1)Nc1cc(C2CC2)nn1-c1ccccc1. The number of aromatic nitrogens is 5. The van der Waals surface area contributed by atoms with E-state index in [2.05, 4.69) is 32.2 Å². The Labute approximate surface area is 202 Å². The van der Waals surface area contributed by atoms with Crippen LogP contribution in [0.15, 0.2) is 71.9 Å². The summed E-state index contributed by atoms with van der Waals surface area (Å²) in [7, 11) is 0. The van der Waals surface area contributed by atoms with Crippen molar-refractivity contribution in [2.45, 2.75) is 49.2 Å². The first kappa shape index (κ1) is 21.2. The molecule has 2 saturated carbocycles. The average Bonchev–Trinajstić information content (AvgIpc) is 3.80. The fourth-order valence-electron chi connectivity index (χ4n) is 4.11. The number of benzene rings is 2. The van der Waals surface area contributed by atoms with Crippen molar-refractivity contribution in [2.24, 2.45) is 0 Å². The molecule has 2 fully saturated rings. The van der Waals surface area contributed by atoms with E-state index in [0.29, 0.717) is 17.7 Å². The predicted octanol–water partition coefficient (Wildman–Crippen LogP) is 5.00. The minimum absolute atomic E-state index is 0.0772. The molecular weight excluding hydrogens is 444 g/mol. The quantitative estimate of drug-likeness (QED) is 0.349.